The molecule has 1 aromatic rings. The lowest BCUT2D eigenvalue weighted by molar-refractivity contribution is -0.551. The maximum absolute atomic E-state index is 12.6. The van der Waals surface area contributed by atoms with E-state index in [1.807, 2.05) is 22.8 Å². The van der Waals surface area contributed by atoms with Gasteiger partial charge in [-0.2, -0.15) is 0 Å². The fourth-order valence-electron chi connectivity index (χ4n) is 3.71. The summed E-state index contributed by atoms with van der Waals surface area (Å²) < 4.78 is 1.91. The molecule has 1 atom stereocenters. The van der Waals surface area contributed by atoms with E-state index in [2.05, 4.69) is 20.9 Å². The number of rotatable bonds is 3. The van der Waals surface area contributed by atoms with Crippen LogP contribution < -0.4 is 4.90 Å². The van der Waals surface area contributed by atoms with Crippen LogP contribution in [0.2, 0.25) is 5.02 Å². The minimum atomic E-state index is -0.524. The quantitative estimate of drug-likeness (QED) is 0.716. The summed E-state index contributed by atoms with van der Waals surface area (Å²) in [6.45, 7) is 4.12. The number of amidine groups is 1. The van der Waals surface area contributed by atoms with E-state index in [9.17, 15) is 9.59 Å². The summed E-state index contributed by atoms with van der Waals surface area (Å²) in [5.74, 6) is 0.267. The molecule has 9 heteroatoms. The van der Waals surface area contributed by atoms with Crippen LogP contribution in [0.25, 0.3) is 0 Å². The highest BCUT2D eigenvalue weighted by Crippen LogP contribution is 2.21. The second kappa shape index (κ2) is 6.94. The van der Waals surface area contributed by atoms with E-state index < -0.39 is 6.04 Å². The molecule has 0 bridgehead atoms. The predicted molar refractivity (Wildman–Crippen MR) is 104 cm³/mol. The lowest BCUT2D eigenvalue weighted by Gasteiger charge is -2.36. The van der Waals surface area contributed by atoms with Gasteiger partial charge in [-0.15, -0.1) is 0 Å². The van der Waals surface area contributed by atoms with E-state index >= 15 is 0 Å². The van der Waals surface area contributed by atoms with Gasteiger partial charge in [-0.3, -0.25) is 19.5 Å². The van der Waals surface area contributed by atoms with E-state index in [1.54, 1.807) is 13.4 Å². The Kier molecular flexibility index (Phi) is 4.61. The first-order valence-electron chi connectivity index (χ1n) is 8.90. The van der Waals surface area contributed by atoms with Crippen molar-refractivity contribution in [3.05, 3.63) is 29.3 Å². The molecule has 3 amide bonds. The van der Waals surface area contributed by atoms with Gasteiger partial charge in [0.05, 0.1) is 0 Å². The SMILES string of the molecule is CN1C(=O)C2C(=NC=[N+]2CN2CCN(c3cccc(Cl)c3)CC2)N(C)C1=O. The number of urea groups is 1. The topological polar surface area (TPSA) is 62.5 Å². The second-order valence-electron chi connectivity index (χ2n) is 6.98. The zero-order valence-electron chi connectivity index (χ0n) is 15.4. The number of hydrogen-bond acceptors (Lipinski definition) is 5. The Balaban J connectivity index is 1.39. The summed E-state index contributed by atoms with van der Waals surface area (Å²) in [5, 5.41) is 0.741. The number of aliphatic imine (C=N–C) groups is 1. The number of anilines is 1. The molecule has 3 aliphatic rings. The average molecular weight is 390 g/mol. The molecular weight excluding hydrogens is 368 g/mol. The number of piperazine rings is 1. The van der Waals surface area contributed by atoms with Gasteiger partial charge in [0.15, 0.2) is 0 Å². The predicted octanol–water partition coefficient (Wildman–Crippen LogP) is 0.765. The molecule has 142 valence electrons. The largest absolute Gasteiger partial charge is 0.369 e. The molecule has 8 nitrogen and oxygen atoms in total. The van der Waals surface area contributed by atoms with Gasteiger partial charge in [0.25, 0.3) is 24.1 Å². The van der Waals surface area contributed by atoms with Crippen molar-refractivity contribution in [1.29, 1.82) is 0 Å². The Morgan fingerprint density at radius 1 is 1.15 bits per heavy atom. The Morgan fingerprint density at radius 2 is 1.89 bits per heavy atom. The molecule has 1 aromatic carbocycles. The number of benzene rings is 1. The van der Waals surface area contributed by atoms with E-state index in [1.165, 1.54) is 11.9 Å². The molecule has 2 fully saturated rings. The zero-order valence-corrected chi connectivity index (χ0v) is 16.1. The third kappa shape index (κ3) is 3.19. The van der Waals surface area contributed by atoms with Crippen LogP contribution >= 0.6 is 11.6 Å². The maximum atomic E-state index is 12.6. The highest BCUT2D eigenvalue weighted by Gasteiger charge is 2.50. The minimum Gasteiger partial charge on any atom is -0.369 e. The Labute approximate surface area is 162 Å². The molecule has 0 spiro atoms. The highest BCUT2D eigenvalue weighted by atomic mass is 35.5. The number of likely N-dealkylation sites (N-methyl/N-ethyl adjacent to an activating group) is 2. The first-order chi connectivity index (χ1) is 13.0. The van der Waals surface area contributed by atoms with Gasteiger partial charge >= 0.3 is 6.03 Å². The van der Waals surface area contributed by atoms with Crippen molar-refractivity contribution in [3.63, 3.8) is 0 Å². The fourth-order valence-corrected chi connectivity index (χ4v) is 3.90. The summed E-state index contributed by atoms with van der Waals surface area (Å²) in [7, 11) is 3.16. The fraction of sp³-hybridized carbons (Fsp3) is 0.444. The number of nitrogens with zero attached hydrogens (tertiary/aromatic N) is 6. The molecule has 0 aromatic heterocycles. The number of hydrogen-bond donors (Lipinski definition) is 0. The molecule has 3 heterocycles. The summed E-state index contributed by atoms with van der Waals surface area (Å²) in [6.07, 6.45) is 1.67. The van der Waals surface area contributed by atoms with Gasteiger partial charge in [0.2, 0.25) is 0 Å². The monoisotopic (exact) mass is 389 g/mol. The van der Waals surface area contributed by atoms with Crippen molar-refractivity contribution < 1.29 is 14.2 Å². The van der Waals surface area contributed by atoms with Crippen LogP contribution in [0.4, 0.5) is 10.5 Å². The van der Waals surface area contributed by atoms with E-state index in [4.69, 9.17) is 11.6 Å². The molecule has 0 N–H and O–H groups in total. The van der Waals surface area contributed by atoms with E-state index in [0.29, 0.717) is 12.5 Å². The molecular formula is C18H22ClN6O2+. The third-order valence-corrected chi connectivity index (χ3v) is 5.54. The molecule has 0 radical (unpaired) electrons. The number of imide groups is 1. The van der Waals surface area contributed by atoms with Crippen LogP contribution in [-0.2, 0) is 4.79 Å². The number of carbonyl (C=O) groups is 2. The van der Waals surface area contributed by atoms with Crippen LogP contribution in [0.15, 0.2) is 29.3 Å². The normalized spacial score (nSPS) is 23.5. The Hall–Kier alpha value is -2.45. The maximum Gasteiger partial charge on any atom is 0.333 e. The van der Waals surface area contributed by atoms with Gasteiger partial charge in [-0.05, 0) is 23.2 Å². The van der Waals surface area contributed by atoms with Crippen LogP contribution in [0, 0.1) is 0 Å². The van der Waals surface area contributed by atoms with E-state index in [-0.39, 0.29) is 11.9 Å². The number of carbonyl (C=O) groups excluding carboxylic acids is 2. The molecule has 0 saturated carbocycles. The van der Waals surface area contributed by atoms with Gasteiger partial charge in [0.1, 0.15) is 6.67 Å². The van der Waals surface area contributed by atoms with Crippen molar-refractivity contribution in [2.45, 2.75) is 6.04 Å². The van der Waals surface area contributed by atoms with Crippen LogP contribution in [0.3, 0.4) is 0 Å². The summed E-state index contributed by atoms with van der Waals surface area (Å²) >= 11 is 6.09. The molecule has 0 aliphatic carbocycles. The Morgan fingerprint density at radius 3 is 2.59 bits per heavy atom. The third-order valence-electron chi connectivity index (χ3n) is 5.31. The second-order valence-corrected chi connectivity index (χ2v) is 7.42. The summed E-state index contributed by atoms with van der Waals surface area (Å²) in [4.78, 5) is 36.2. The zero-order chi connectivity index (χ0) is 19.1. The summed E-state index contributed by atoms with van der Waals surface area (Å²) in [5.41, 5.74) is 1.13. The summed E-state index contributed by atoms with van der Waals surface area (Å²) in [6, 6.07) is 7.02. The number of halogens is 1. The van der Waals surface area contributed by atoms with Gasteiger partial charge in [-0.25, -0.2) is 9.37 Å². The van der Waals surface area contributed by atoms with Crippen molar-refractivity contribution in [3.8, 4) is 0 Å². The molecule has 4 rings (SSSR count). The highest BCUT2D eigenvalue weighted by molar-refractivity contribution is 6.30. The van der Waals surface area contributed by atoms with Crippen LogP contribution in [-0.4, -0.2) is 96.4 Å². The van der Waals surface area contributed by atoms with Crippen LogP contribution in [0.5, 0.6) is 0 Å². The number of amides is 3. The first kappa shape index (κ1) is 17.9. The molecule has 2 saturated heterocycles. The average Bonchev–Trinajstić information content (AvgIpc) is 3.09. The molecule has 27 heavy (non-hydrogen) atoms. The lowest BCUT2D eigenvalue weighted by atomic mass is 10.1. The Bertz CT molecular complexity index is 846. The van der Waals surface area contributed by atoms with Crippen molar-refractivity contribution in [1.82, 2.24) is 14.7 Å². The number of fused-ring (bicyclic) bond motifs is 1. The molecule has 1 unspecified atom stereocenters. The molecule has 3 aliphatic heterocycles. The van der Waals surface area contributed by atoms with Gasteiger partial charge in [0, 0.05) is 51.0 Å². The smallest absolute Gasteiger partial charge is 0.333 e. The van der Waals surface area contributed by atoms with Crippen molar-refractivity contribution in [2.24, 2.45) is 4.99 Å². The standard InChI is InChI=1S/C18H22ClN6O2/c1-21-16-15(17(26)22(2)18(21)27)25(11-20-16)12-23-6-8-24(9-7-23)14-5-3-4-13(19)10-14/h3-5,10-11,15H,6-9,12H2,1-2H3/q+1. The van der Waals surface area contributed by atoms with E-state index in [0.717, 1.165) is 41.8 Å². The minimum absolute atomic E-state index is 0.233. The van der Waals surface area contributed by atoms with Gasteiger partial charge in [-0.1, -0.05) is 17.7 Å². The van der Waals surface area contributed by atoms with Crippen LogP contribution in [0.1, 0.15) is 0 Å². The van der Waals surface area contributed by atoms with Crippen molar-refractivity contribution in [2.75, 3.05) is 51.8 Å². The first-order valence-corrected chi connectivity index (χ1v) is 9.28. The van der Waals surface area contributed by atoms with Crippen molar-refractivity contribution >= 4 is 41.4 Å². The van der Waals surface area contributed by atoms with Gasteiger partial charge < -0.3 is 4.90 Å². The lowest BCUT2D eigenvalue weighted by Crippen LogP contribution is -2.62.